The number of hydrogen-bond donors (Lipinski definition) is 1. The Morgan fingerprint density at radius 1 is 1.36 bits per heavy atom. The van der Waals surface area contributed by atoms with Gasteiger partial charge < -0.3 is 14.6 Å². The number of hydrogen-bond acceptors (Lipinski definition) is 4. The molecule has 1 N–H and O–H groups in total. The van der Waals surface area contributed by atoms with E-state index in [-0.39, 0.29) is 11.2 Å². The van der Waals surface area contributed by atoms with E-state index in [1.807, 2.05) is 12.1 Å². The maximum atomic E-state index is 12.5. The van der Waals surface area contributed by atoms with Crippen LogP contribution in [0.3, 0.4) is 0 Å². The van der Waals surface area contributed by atoms with Gasteiger partial charge >= 0.3 is 0 Å². The van der Waals surface area contributed by atoms with Gasteiger partial charge in [-0.3, -0.25) is 4.79 Å². The lowest BCUT2D eigenvalue weighted by Crippen LogP contribution is -2.44. The molecular weight excluding hydrogens is 314 g/mol. The standard InChI is InChI=1S/C20H23N3O2/c1-4-14-18(23-11-9-20(2,25-3)10-12-23)17-16(22-19(14)24)8-7-15(21-17)13-5-6-13/h1,7-8,13H,5-6,9-12H2,2-3H3,(H,22,24). The third-order valence-corrected chi connectivity index (χ3v) is 5.62. The van der Waals surface area contributed by atoms with Crippen LogP contribution in [-0.4, -0.2) is 35.8 Å². The van der Waals surface area contributed by atoms with Crippen molar-refractivity contribution in [2.24, 2.45) is 0 Å². The van der Waals surface area contributed by atoms with Crippen LogP contribution in [0, 0.1) is 12.3 Å². The van der Waals surface area contributed by atoms with E-state index < -0.39 is 0 Å². The summed E-state index contributed by atoms with van der Waals surface area (Å²) in [5.41, 5.74) is 3.53. The van der Waals surface area contributed by atoms with E-state index in [9.17, 15) is 4.79 Å². The van der Waals surface area contributed by atoms with Gasteiger partial charge in [-0.25, -0.2) is 4.98 Å². The third-order valence-electron chi connectivity index (χ3n) is 5.62. The normalized spacial score (nSPS) is 19.8. The summed E-state index contributed by atoms with van der Waals surface area (Å²) in [7, 11) is 1.76. The lowest BCUT2D eigenvalue weighted by molar-refractivity contribution is -0.0132. The number of nitrogens with zero attached hydrogens (tertiary/aromatic N) is 2. The molecular formula is C20H23N3O2. The van der Waals surface area contributed by atoms with Gasteiger partial charge in [-0.15, -0.1) is 6.42 Å². The summed E-state index contributed by atoms with van der Waals surface area (Å²) in [5.74, 6) is 3.15. The molecule has 2 aromatic heterocycles. The quantitative estimate of drug-likeness (QED) is 0.875. The maximum absolute atomic E-state index is 12.5. The number of pyridine rings is 2. The predicted molar refractivity (Wildman–Crippen MR) is 99.1 cm³/mol. The number of terminal acetylenes is 1. The molecule has 130 valence electrons. The summed E-state index contributed by atoms with van der Waals surface area (Å²) in [6, 6.07) is 3.98. The molecule has 0 bridgehead atoms. The number of methoxy groups -OCH3 is 1. The van der Waals surface area contributed by atoms with Gasteiger partial charge in [-0.1, -0.05) is 5.92 Å². The van der Waals surface area contributed by atoms with E-state index >= 15 is 0 Å². The van der Waals surface area contributed by atoms with Crippen LogP contribution in [0.1, 0.15) is 49.8 Å². The Balaban J connectivity index is 1.84. The Kier molecular flexibility index (Phi) is 3.81. The number of piperidine rings is 1. The number of nitrogens with one attached hydrogen (secondary N) is 1. The monoisotopic (exact) mass is 337 g/mol. The zero-order chi connectivity index (χ0) is 17.6. The highest BCUT2D eigenvalue weighted by atomic mass is 16.5. The minimum Gasteiger partial charge on any atom is -0.378 e. The Morgan fingerprint density at radius 2 is 2.08 bits per heavy atom. The molecule has 0 spiro atoms. The molecule has 0 aromatic carbocycles. The summed E-state index contributed by atoms with van der Waals surface area (Å²) < 4.78 is 5.64. The fraction of sp³-hybridized carbons (Fsp3) is 0.500. The lowest BCUT2D eigenvalue weighted by Gasteiger charge is -2.39. The van der Waals surface area contributed by atoms with Crippen molar-refractivity contribution in [2.45, 2.75) is 44.1 Å². The van der Waals surface area contributed by atoms with E-state index in [4.69, 9.17) is 16.1 Å². The summed E-state index contributed by atoms with van der Waals surface area (Å²) in [6.07, 6.45) is 9.85. The first-order valence-electron chi connectivity index (χ1n) is 8.88. The van der Waals surface area contributed by atoms with Crippen molar-refractivity contribution in [2.75, 3.05) is 25.1 Å². The summed E-state index contributed by atoms with van der Waals surface area (Å²) in [5, 5.41) is 0. The first-order chi connectivity index (χ1) is 12.0. The molecule has 5 heteroatoms. The highest BCUT2D eigenvalue weighted by Crippen LogP contribution is 2.40. The lowest BCUT2D eigenvalue weighted by atomic mass is 9.92. The second kappa shape index (κ2) is 5.89. The zero-order valence-electron chi connectivity index (χ0n) is 14.8. The fourth-order valence-electron chi connectivity index (χ4n) is 3.62. The molecule has 25 heavy (non-hydrogen) atoms. The average molecular weight is 337 g/mol. The molecule has 3 heterocycles. The molecule has 0 unspecified atom stereocenters. The molecule has 1 aliphatic heterocycles. The van der Waals surface area contributed by atoms with Gasteiger partial charge in [0.25, 0.3) is 5.56 Å². The van der Waals surface area contributed by atoms with Crippen molar-refractivity contribution in [3.63, 3.8) is 0 Å². The van der Waals surface area contributed by atoms with E-state index in [0.717, 1.165) is 48.3 Å². The number of H-pyrrole nitrogens is 1. The minimum absolute atomic E-state index is 0.115. The molecule has 1 saturated carbocycles. The Labute approximate surface area is 147 Å². The van der Waals surface area contributed by atoms with Crippen molar-refractivity contribution < 1.29 is 4.74 Å². The second-order valence-electron chi connectivity index (χ2n) is 7.37. The molecule has 2 fully saturated rings. The summed E-state index contributed by atoms with van der Waals surface area (Å²) >= 11 is 0. The van der Waals surface area contributed by atoms with Crippen LogP contribution < -0.4 is 10.5 Å². The predicted octanol–water partition coefficient (Wildman–Crippen LogP) is 2.79. The Bertz CT molecular complexity index is 913. The number of ether oxygens (including phenoxy) is 1. The third kappa shape index (κ3) is 2.81. The van der Waals surface area contributed by atoms with Crippen LogP contribution in [0.15, 0.2) is 16.9 Å². The van der Waals surface area contributed by atoms with Crippen molar-refractivity contribution in [1.82, 2.24) is 9.97 Å². The van der Waals surface area contributed by atoms with Crippen LogP contribution >= 0.6 is 0 Å². The molecule has 5 nitrogen and oxygen atoms in total. The first-order valence-corrected chi connectivity index (χ1v) is 8.88. The Morgan fingerprint density at radius 3 is 2.68 bits per heavy atom. The van der Waals surface area contributed by atoms with Gasteiger partial charge in [0.1, 0.15) is 11.1 Å². The summed E-state index contributed by atoms with van der Waals surface area (Å²) in [6.45, 7) is 3.73. The van der Waals surface area contributed by atoms with Gasteiger partial charge in [0.05, 0.1) is 16.8 Å². The van der Waals surface area contributed by atoms with Crippen molar-refractivity contribution in [3.8, 4) is 12.3 Å². The van der Waals surface area contributed by atoms with Gasteiger partial charge in [0.2, 0.25) is 0 Å². The molecule has 0 atom stereocenters. The fourth-order valence-corrected chi connectivity index (χ4v) is 3.62. The van der Waals surface area contributed by atoms with Gasteiger partial charge in [-0.2, -0.15) is 0 Å². The van der Waals surface area contributed by atoms with Crippen molar-refractivity contribution in [3.05, 3.63) is 33.7 Å². The molecule has 4 rings (SSSR count). The first kappa shape index (κ1) is 16.2. The van der Waals surface area contributed by atoms with Crippen LogP contribution in [0.25, 0.3) is 11.0 Å². The molecule has 1 saturated heterocycles. The number of aromatic nitrogens is 2. The molecule has 1 aliphatic carbocycles. The van der Waals surface area contributed by atoms with Crippen LogP contribution in [-0.2, 0) is 4.74 Å². The smallest absolute Gasteiger partial charge is 0.266 e. The minimum atomic E-state index is -0.217. The second-order valence-corrected chi connectivity index (χ2v) is 7.37. The zero-order valence-corrected chi connectivity index (χ0v) is 14.8. The highest BCUT2D eigenvalue weighted by molar-refractivity contribution is 5.91. The van der Waals surface area contributed by atoms with E-state index in [2.05, 4.69) is 22.7 Å². The number of rotatable bonds is 3. The number of aromatic amines is 1. The van der Waals surface area contributed by atoms with Crippen LogP contribution in [0.4, 0.5) is 5.69 Å². The number of anilines is 1. The number of fused-ring (bicyclic) bond motifs is 1. The average Bonchev–Trinajstić information content (AvgIpc) is 3.46. The highest BCUT2D eigenvalue weighted by Gasteiger charge is 2.32. The van der Waals surface area contributed by atoms with Crippen molar-refractivity contribution >= 4 is 16.7 Å². The van der Waals surface area contributed by atoms with Crippen molar-refractivity contribution in [1.29, 1.82) is 0 Å². The maximum Gasteiger partial charge on any atom is 0.266 e. The van der Waals surface area contributed by atoms with Gasteiger partial charge in [0, 0.05) is 31.8 Å². The SMILES string of the molecule is C#Cc1c(N2CCC(C)(OC)CC2)c2nc(C3CC3)ccc2[nH]c1=O. The van der Waals surface area contributed by atoms with Crippen LogP contribution in [0.5, 0.6) is 0 Å². The van der Waals surface area contributed by atoms with E-state index in [1.165, 1.54) is 12.8 Å². The molecule has 0 radical (unpaired) electrons. The summed E-state index contributed by atoms with van der Waals surface area (Å²) in [4.78, 5) is 22.4. The van der Waals surface area contributed by atoms with Gasteiger partial charge in [0.15, 0.2) is 0 Å². The van der Waals surface area contributed by atoms with E-state index in [1.54, 1.807) is 7.11 Å². The largest absolute Gasteiger partial charge is 0.378 e. The molecule has 0 amide bonds. The molecule has 2 aliphatic rings. The van der Waals surface area contributed by atoms with Crippen LogP contribution in [0.2, 0.25) is 0 Å². The topological polar surface area (TPSA) is 58.2 Å². The molecule has 2 aromatic rings. The van der Waals surface area contributed by atoms with Gasteiger partial charge in [-0.05, 0) is 44.7 Å². The van der Waals surface area contributed by atoms with E-state index in [0.29, 0.717) is 11.5 Å². The Hall–Kier alpha value is -2.32.